The van der Waals surface area contributed by atoms with E-state index in [1.165, 1.54) is 18.2 Å². The Morgan fingerprint density at radius 1 is 1.14 bits per heavy atom. The average molecular weight is 318 g/mol. The Morgan fingerprint density at radius 3 is 2.29 bits per heavy atom. The first-order chi connectivity index (χ1) is 9.90. The minimum absolute atomic E-state index is 0.107. The van der Waals surface area contributed by atoms with Gasteiger partial charge in [0.05, 0.1) is 28.8 Å². The summed E-state index contributed by atoms with van der Waals surface area (Å²) in [4.78, 5) is 11.5. The van der Waals surface area contributed by atoms with Gasteiger partial charge in [0.1, 0.15) is 0 Å². The van der Waals surface area contributed by atoms with Crippen molar-refractivity contribution in [2.75, 3.05) is 38.6 Å². The molecule has 1 rings (SSSR count). The van der Waals surface area contributed by atoms with Gasteiger partial charge in [0.2, 0.25) is 0 Å². The number of nitro benzene ring substituents is 1. The lowest BCUT2D eigenvalue weighted by atomic mass is 10.3. The Balaban J connectivity index is 2.81. The minimum Gasteiger partial charge on any atom is -0.395 e. The zero-order chi connectivity index (χ0) is 15.9. The maximum absolute atomic E-state index is 12.1. The summed E-state index contributed by atoms with van der Waals surface area (Å²) in [5.74, 6) is -0.242. The maximum atomic E-state index is 12.1. The summed E-state index contributed by atoms with van der Waals surface area (Å²) in [7, 11) is -3.66. The van der Waals surface area contributed by atoms with E-state index in [-0.39, 0.29) is 49.2 Å². The van der Waals surface area contributed by atoms with Gasteiger partial charge in [-0.05, 0) is 6.07 Å². The number of nitrogens with zero attached hydrogens (tertiary/aromatic N) is 2. The van der Waals surface area contributed by atoms with Gasteiger partial charge in [0, 0.05) is 31.8 Å². The molecule has 0 aliphatic rings. The molecule has 0 aliphatic carbocycles. The number of sulfone groups is 1. The van der Waals surface area contributed by atoms with E-state index in [1.807, 2.05) is 0 Å². The van der Waals surface area contributed by atoms with Gasteiger partial charge in [0.25, 0.3) is 5.69 Å². The van der Waals surface area contributed by atoms with Crippen LogP contribution >= 0.6 is 0 Å². The zero-order valence-corrected chi connectivity index (χ0v) is 12.2. The molecule has 2 N–H and O–H groups in total. The van der Waals surface area contributed by atoms with Gasteiger partial charge in [-0.2, -0.15) is 0 Å². The van der Waals surface area contributed by atoms with Gasteiger partial charge in [-0.25, -0.2) is 8.42 Å². The van der Waals surface area contributed by atoms with E-state index in [2.05, 4.69) is 0 Å². The molecule has 0 heterocycles. The molecule has 8 nitrogen and oxygen atoms in total. The molecule has 0 atom stereocenters. The number of nitro groups is 1. The number of aliphatic hydroxyl groups excluding tert-OH is 2. The topological polar surface area (TPSA) is 121 Å². The molecular formula is C12H18N2O6S. The molecule has 0 saturated heterocycles. The van der Waals surface area contributed by atoms with Crippen molar-refractivity contribution in [1.82, 2.24) is 4.90 Å². The van der Waals surface area contributed by atoms with Crippen LogP contribution in [0, 0.1) is 10.1 Å². The SMILES string of the molecule is O=[N+]([O-])c1cccc(S(=O)(=O)CCN(CCO)CCO)c1. The van der Waals surface area contributed by atoms with Crippen LogP contribution in [-0.2, 0) is 9.84 Å². The van der Waals surface area contributed by atoms with Crippen LogP contribution in [0.3, 0.4) is 0 Å². The Labute approximate surface area is 122 Å². The third-order valence-corrected chi connectivity index (χ3v) is 4.59. The monoisotopic (exact) mass is 318 g/mol. The highest BCUT2D eigenvalue weighted by Gasteiger charge is 2.19. The van der Waals surface area contributed by atoms with E-state index in [0.717, 1.165) is 6.07 Å². The molecule has 0 aromatic heterocycles. The van der Waals surface area contributed by atoms with Crippen LogP contribution in [0.5, 0.6) is 0 Å². The number of non-ortho nitro benzene ring substituents is 1. The van der Waals surface area contributed by atoms with Crippen LogP contribution in [0.1, 0.15) is 0 Å². The van der Waals surface area contributed by atoms with Crippen molar-refractivity contribution in [3.63, 3.8) is 0 Å². The number of hydrogen-bond donors (Lipinski definition) is 2. The molecule has 1 aromatic carbocycles. The fraction of sp³-hybridized carbons (Fsp3) is 0.500. The summed E-state index contributed by atoms with van der Waals surface area (Å²) < 4.78 is 24.3. The molecule has 0 amide bonds. The van der Waals surface area contributed by atoms with Gasteiger partial charge in [-0.15, -0.1) is 0 Å². The van der Waals surface area contributed by atoms with Crippen LogP contribution in [0.25, 0.3) is 0 Å². The Bertz CT molecular complexity index is 569. The number of aliphatic hydroxyl groups is 2. The van der Waals surface area contributed by atoms with Gasteiger partial charge >= 0.3 is 0 Å². The fourth-order valence-corrected chi connectivity index (χ4v) is 3.10. The molecule has 21 heavy (non-hydrogen) atoms. The lowest BCUT2D eigenvalue weighted by Crippen LogP contribution is -2.34. The third-order valence-electron chi connectivity index (χ3n) is 2.90. The number of hydrogen-bond acceptors (Lipinski definition) is 7. The first-order valence-corrected chi connectivity index (χ1v) is 7.97. The van der Waals surface area contributed by atoms with E-state index < -0.39 is 14.8 Å². The molecule has 0 radical (unpaired) electrons. The summed E-state index contributed by atoms with van der Waals surface area (Å²) in [5.41, 5.74) is -0.279. The molecule has 118 valence electrons. The second-order valence-corrected chi connectivity index (χ2v) is 6.47. The first kappa shape index (κ1) is 17.5. The van der Waals surface area contributed by atoms with Crippen LogP contribution < -0.4 is 0 Å². The van der Waals surface area contributed by atoms with Crippen molar-refractivity contribution in [3.8, 4) is 0 Å². The summed E-state index contributed by atoms with van der Waals surface area (Å²) in [5, 5.41) is 28.4. The molecule has 0 unspecified atom stereocenters. The molecule has 0 bridgehead atoms. The van der Waals surface area contributed by atoms with E-state index >= 15 is 0 Å². The summed E-state index contributed by atoms with van der Waals surface area (Å²) in [6.45, 7) is 0.357. The van der Waals surface area contributed by atoms with Crippen molar-refractivity contribution in [1.29, 1.82) is 0 Å². The fourth-order valence-electron chi connectivity index (χ4n) is 1.78. The predicted octanol–water partition coefficient (Wildman–Crippen LogP) is -0.345. The predicted molar refractivity (Wildman–Crippen MR) is 75.8 cm³/mol. The minimum atomic E-state index is -3.66. The lowest BCUT2D eigenvalue weighted by molar-refractivity contribution is -0.385. The van der Waals surface area contributed by atoms with Crippen molar-refractivity contribution >= 4 is 15.5 Å². The third kappa shape index (κ3) is 5.38. The van der Waals surface area contributed by atoms with Gasteiger partial charge < -0.3 is 10.2 Å². The molecule has 0 saturated carbocycles. The van der Waals surface area contributed by atoms with Crippen LogP contribution in [0.15, 0.2) is 29.2 Å². The van der Waals surface area contributed by atoms with Gasteiger partial charge in [-0.3, -0.25) is 15.0 Å². The zero-order valence-electron chi connectivity index (χ0n) is 11.4. The number of benzene rings is 1. The normalized spacial score (nSPS) is 11.8. The van der Waals surface area contributed by atoms with Crippen molar-refractivity contribution in [2.24, 2.45) is 0 Å². The molecular weight excluding hydrogens is 300 g/mol. The Kier molecular flexibility index (Phi) is 6.69. The highest BCUT2D eigenvalue weighted by atomic mass is 32.2. The van der Waals surface area contributed by atoms with Crippen LogP contribution in [-0.4, -0.2) is 67.1 Å². The maximum Gasteiger partial charge on any atom is 0.270 e. The van der Waals surface area contributed by atoms with E-state index in [1.54, 1.807) is 4.90 Å². The van der Waals surface area contributed by atoms with Crippen LogP contribution in [0.4, 0.5) is 5.69 Å². The van der Waals surface area contributed by atoms with Crippen LogP contribution in [0.2, 0.25) is 0 Å². The lowest BCUT2D eigenvalue weighted by Gasteiger charge is -2.19. The van der Waals surface area contributed by atoms with E-state index in [4.69, 9.17) is 10.2 Å². The van der Waals surface area contributed by atoms with E-state index in [9.17, 15) is 18.5 Å². The summed E-state index contributed by atoms with van der Waals surface area (Å²) in [6, 6.07) is 4.88. The highest BCUT2D eigenvalue weighted by Crippen LogP contribution is 2.18. The van der Waals surface area contributed by atoms with Crippen molar-refractivity contribution in [2.45, 2.75) is 4.90 Å². The highest BCUT2D eigenvalue weighted by molar-refractivity contribution is 7.91. The number of rotatable bonds is 9. The second kappa shape index (κ2) is 8.03. The van der Waals surface area contributed by atoms with Crippen molar-refractivity contribution < 1.29 is 23.6 Å². The molecule has 9 heteroatoms. The standard InChI is InChI=1S/C12H18N2O6S/c15-7-4-13(5-8-16)6-9-21(19,20)12-3-1-2-11(10-12)14(17)18/h1-3,10,15-16H,4-9H2. The Hall–Kier alpha value is -1.55. The van der Waals surface area contributed by atoms with E-state index in [0.29, 0.717) is 0 Å². The van der Waals surface area contributed by atoms with Crippen molar-refractivity contribution in [3.05, 3.63) is 34.4 Å². The van der Waals surface area contributed by atoms with Gasteiger partial charge in [-0.1, -0.05) is 6.07 Å². The summed E-state index contributed by atoms with van der Waals surface area (Å²) >= 11 is 0. The quantitative estimate of drug-likeness (QED) is 0.471. The van der Waals surface area contributed by atoms with Gasteiger partial charge in [0.15, 0.2) is 9.84 Å². The second-order valence-electron chi connectivity index (χ2n) is 4.36. The molecule has 1 aromatic rings. The Morgan fingerprint density at radius 2 is 1.76 bits per heavy atom. The average Bonchev–Trinajstić information content (AvgIpc) is 2.45. The smallest absolute Gasteiger partial charge is 0.270 e. The molecule has 0 spiro atoms. The summed E-state index contributed by atoms with van der Waals surface area (Å²) in [6.07, 6.45) is 0. The largest absolute Gasteiger partial charge is 0.395 e. The molecule has 0 aliphatic heterocycles. The first-order valence-electron chi connectivity index (χ1n) is 6.32. The molecule has 0 fully saturated rings.